The topological polar surface area (TPSA) is 61.4 Å². The Hall–Kier alpha value is -1.55. The molecule has 0 aliphatic heterocycles. The molecule has 3 N–H and O–H groups in total. The summed E-state index contributed by atoms with van der Waals surface area (Å²) in [6.07, 6.45) is 2.00. The van der Waals surface area contributed by atoms with E-state index < -0.39 is 0 Å². The van der Waals surface area contributed by atoms with Gasteiger partial charge in [-0.15, -0.1) is 0 Å². The van der Waals surface area contributed by atoms with Crippen LogP contribution >= 0.6 is 0 Å². The van der Waals surface area contributed by atoms with E-state index in [9.17, 15) is 4.79 Å². The number of nitrogens with one attached hydrogen (secondary N) is 2. The van der Waals surface area contributed by atoms with Crippen LogP contribution in [0.25, 0.3) is 0 Å². The van der Waals surface area contributed by atoms with E-state index in [2.05, 4.69) is 10.6 Å². The Labute approximate surface area is 101 Å². The van der Waals surface area contributed by atoms with E-state index in [4.69, 9.17) is 5.11 Å². The quantitative estimate of drug-likeness (QED) is 0.718. The molecule has 2 amide bonds. The highest BCUT2D eigenvalue weighted by Gasteiger charge is 2.41. The number of benzene rings is 1. The van der Waals surface area contributed by atoms with Gasteiger partial charge in [0.25, 0.3) is 0 Å². The van der Waals surface area contributed by atoms with Crippen molar-refractivity contribution in [3.63, 3.8) is 0 Å². The lowest BCUT2D eigenvalue weighted by molar-refractivity contribution is 0.203. The SMILES string of the molecule is O=C(NCc1ccccc1)NCC1(CO)CC1. The Bertz CT molecular complexity index is 374. The molecule has 1 aliphatic carbocycles. The van der Waals surface area contributed by atoms with E-state index in [0.29, 0.717) is 13.1 Å². The Morgan fingerprint density at radius 3 is 2.53 bits per heavy atom. The van der Waals surface area contributed by atoms with Gasteiger partial charge in [-0.3, -0.25) is 0 Å². The second-order valence-corrected chi connectivity index (χ2v) is 4.68. The Kier molecular flexibility index (Phi) is 3.64. The fourth-order valence-corrected chi connectivity index (χ4v) is 1.68. The molecular formula is C13H18N2O2. The largest absolute Gasteiger partial charge is 0.396 e. The van der Waals surface area contributed by atoms with Crippen LogP contribution in [0.4, 0.5) is 4.79 Å². The van der Waals surface area contributed by atoms with Crippen molar-refractivity contribution in [2.24, 2.45) is 5.41 Å². The minimum absolute atomic E-state index is 0.0376. The maximum absolute atomic E-state index is 11.5. The maximum Gasteiger partial charge on any atom is 0.315 e. The van der Waals surface area contributed by atoms with Gasteiger partial charge in [-0.05, 0) is 18.4 Å². The van der Waals surface area contributed by atoms with E-state index in [1.54, 1.807) is 0 Å². The molecule has 1 saturated carbocycles. The van der Waals surface area contributed by atoms with Gasteiger partial charge in [0.15, 0.2) is 0 Å². The fourth-order valence-electron chi connectivity index (χ4n) is 1.68. The zero-order valence-corrected chi connectivity index (χ0v) is 9.78. The number of hydrogen-bond acceptors (Lipinski definition) is 2. The van der Waals surface area contributed by atoms with Crippen molar-refractivity contribution in [1.82, 2.24) is 10.6 Å². The highest BCUT2D eigenvalue weighted by Crippen LogP contribution is 2.44. The Morgan fingerprint density at radius 1 is 1.24 bits per heavy atom. The second-order valence-electron chi connectivity index (χ2n) is 4.68. The third-order valence-electron chi connectivity index (χ3n) is 3.21. The summed E-state index contributed by atoms with van der Waals surface area (Å²) in [5, 5.41) is 14.7. The van der Waals surface area contributed by atoms with E-state index >= 15 is 0 Å². The number of rotatable bonds is 5. The molecule has 4 nitrogen and oxygen atoms in total. The minimum atomic E-state index is -0.173. The molecule has 0 saturated heterocycles. The molecule has 0 atom stereocenters. The normalized spacial score (nSPS) is 16.3. The number of urea groups is 1. The number of amides is 2. The van der Waals surface area contributed by atoms with Crippen LogP contribution in [-0.2, 0) is 6.54 Å². The highest BCUT2D eigenvalue weighted by atomic mass is 16.3. The van der Waals surface area contributed by atoms with Gasteiger partial charge in [0.05, 0.1) is 6.61 Å². The molecular weight excluding hydrogens is 216 g/mol. The Morgan fingerprint density at radius 2 is 1.94 bits per heavy atom. The monoisotopic (exact) mass is 234 g/mol. The minimum Gasteiger partial charge on any atom is -0.396 e. The van der Waals surface area contributed by atoms with E-state index in [1.165, 1.54) is 0 Å². The molecule has 2 rings (SSSR count). The van der Waals surface area contributed by atoms with Crippen LogP contribution in [0.1, 0.15) is 18.4 Å². The number of hydrogen-bond donors (Lipinski definition) is 3. The lowest BCUT2D eigenvalue weighted by Crippen LogP contribution is -2.39. The molecule has 92 valence electrons. The first-order valence-electron chi connectivity index (χ1n) is 5.91. The molecule has 0 unspecified atom stereocenters. The van der Waals surface area contributed by atoms with Crippen LogP contribution in [0, 0.1) is 5.41 Å². The molecule has 0 aromatic heterocycles. The van der Waals surface area contributed by atoms with E-state index in [0.717, 1.165) is 18.4 Å². The average Bonchev–Trinajstić information content (AvgIpc) is 3.16. The maximum atomic E-state index is 11.5. The number of carbonyl (C=O) groups is 1. The van der Waals surface area contributed by atoms with E-state index in [-0.39, 0.29) is 18.1 Å². The van der Waals surface area contributed by atoms with Crippen LogP contribution in [-0.4, -0.2) is 24.3 Å². The van der Waals surface area contributed by atoms with Crippen molar-refractivity contribution in [3.8, 4) is 0 Å². The summed E-state index contributed by atoms with van der Waals surface area (Å²) < 4.78 is 0. The molecule has 1 aromatic carbocycles. The number of aliphatic hydroxyl groups is 1. The summed E-state index contributed by atoms with van der Waals surface area (Å²) >= 11 is 0. The zero-order valence-electron chi connectivity index (χ0n) is 9.78. The van der Waals surface area contributed by atoms with E-state index in [1.807, 2.05) is 30.3 Å². The molecule has 4 heteroatoms. The van der Waals surface area contributed by atoms with Crippen molar-refractivity contribution >= 4 is 6.03 Å². The van der Waals surface area contributed by atoms with Crippen LogP contribution in [0.15, 0.2) is 30.3 Å². The summed E-state index contributed by atoms with van der Waals surface area (Å²) in [7, 11) is 0. The average molecular weight is 234 g/mol. The first-order valence-corrected chi connectivity index (χ1v) is 5.91. The van der Waals surface area contributed by atoms with Gasteiger partial charge in [0.2, 0.25) is 0 Å². The van der Waals surface area contributed by atoms with Crippen LogP contribution in [0.3, 0.4) is 0 Å². The van der Waals surface area contributed by atoms with Gasteiger partial charge in [0.1, 0.15) is 0 Å². The molecule has 1 aromatic rings. The van der Waals surface area contributed by atoms with Gasteiger partial charge >= 0.3 is 6.03 Å². The lowest BCUT2D eigenvalue weighted by atomic mass is 10.1. The van der Waals surface area contributed by atoms with Gasteiger partial charge in [-0.25, -0.2) is 4.79 Å². The van der Waals surface area contributed by atoms with Crippen LogP contribution < -0.4 is 10.6 Å². The first-order chi connectivity index (χ1) is 8.24. The predicted octanol–water partition coefficient (Wildman–Crippen LogP) is 1.26. The molecule has 1 aliphatic rings. The number of aliphatic hydroxyl groups excluding tert-OH is 1. The van der Waals surface area contributed by atoms with Gasteiger partial charge in [-0.2, -0.15) is 0 Å². The first kappa shape index (κ1) is 11.9. The molecule has 0 heterocycles. The van der Waals surface area contributed by atoms with Crippen LogP contribution in [0.2, 0.25) is 0 Å². The molecule has 17 heavy (non-hydrogen) atoms. The third kappa shape index (κ3) is 3.46. The van der Waals surface area contributed by atoms with Crippen LogP contribution in [0.5, 0.6) is 0 Å². The second kappa shape index (κ2) is 5.19. The summed E-state index contributed by atoms with van der Waals surface area (Å²) in [6, 6.07) is 9.60. The summed E-state index contributed by atoms with van der Waals surface area (Å²) in [6.45, 7) is 1.24. The third-order valence-corrected chi connectivity index (χ3v) is 3.21. The lowest BCUT2D eigenvalue weighted by Gasteiger charge is -2.13. The molecule has 0 spiro atoms. The predicted molar refractivity (Wildman–Crippen MR) is 65.4 cm³/mol. The van der Waals surface area contributed by atoms with Crippen molar-refractivity contribution in [3.05, 3.63) is 35.9 Å². The van der Waals surface area contributed by atoms with Gasteiger partial charge in [-0.1, -0.05) is 30.3 Å². The summed E-state index contributed by atoms with van der Waals surface area (Å²) in [5.41, 5.74) is 1.04. The number of carbonyl (C=O) groups excluding carboxylic acids is 1. The fraction of sp³-hybridized carbons (Fsp3) is 0.462. The van der Waals surface area contributed by atoms with Gasteiger partial charge in [0, 0.05) is 18.5 Å². The highest BCUT2D eigenvalue weighted by molar-refractivity contribution is 5.73. The van der Waals surface area contributed by atoms with Crippen molar-refractivity contribution < 1.29 is 9.90 Å². The van der Waals surface area contributed by atoms with Crippen molar-refractivity contribution in [2.75, 3.05) is 13.2 Å². The molecule has 1 fully saturated rings. The molecule has 0 bridgehead atoms. The summed E-state index contributed by atoms with van der Waals surface area (Å²) in [4.78, 5) is 11.5. The smallest absolute Gasteiger partial charge is 0.315 e. The Balaban J connectivity index is 1.68. The zero-order chi connectivity index (χ0) is 12.1. The molecule has 0 radical (unpaired) electrons. The van der Waals surface area contributed by atoms with Gasteiger partial charge < -0.3 is 15.7 Å². The standard InChI is InChI=1S/C13H18N2O2/c16-10-13(6-7-13)9-15-12(17)14-8-11-4-2-1-3-5-11/h1-5,16H,6-10H2,(H2,14,15,17). The van der Waals surface area contributed by atoms with Crippen molar-refractivity contribution in [2.45, 2.75) is 19.4 Å². The summed E-state index contributed by atoms with van der Waals surface area (Å²) in [5.74, 6) is 0. The van der Waals surface area contributed by atoms with Crippen molar-refractivity contribution in [1.29, 1.82) is 0 Å².